The Morgan fingerprint density at radius 2 is 2.24 bits per heavy atom. The fourth-order valence-electron chi connectivity index (χ4n) is 3.22. The van der Waals surface area contributed by atoms with Crippen molar-refractivity contribution in [3.63, 3.8) is 0 Å². The van der Waals surface area contributed by atoms with Gasteiger partial charge in [0.1, 0.15) is 6.17 Å². The van der Waals surface area contributed by atoms with E-state index in [9.17, 15) is 4.79 Å². The zero-order valence-corrected chi connectivity index (χ0v) is 13.9. The van der Waals surface area contributed by atoms with Crippen LogP contribution in [0.25, 0.3) is 0 Å². The lowest BCUT2D eigenvalue weighted by molar-refractivity contribution is -0.130. The molecule has 0 spiro atoms. The number of amides is 1. The summed E-state index contributed by atoms with van der Waals surface area (Å²) in [4.78, 5) is 14.8. The van der Waals surface area contributed by atoms with E-state index < -0.39 is 0 Å². The number of hydrogen-bond donors (Lipinski definition) is 1. The fraction of sp³-hybridized carbons (Fsp3) is 0.706. The predicted octanol–water partition coefficient (Wildman–Crippen LogP) is 3.78. The van der Waals surface area contributed by atoms with E-state index in [1.54, 1.807) is 11.3 Å². The summed E-state index contributed by atoms with van der Waals surface area (Å²) in [7, 11) is 0. The van der Waals surface area contributed by atoms with Crippen molar-refractivity contribution < 1.29 is 4.79 Å². The quantitative estimate of drug-likeness (QED) is 0.831. The number of nitrogens with zero attached hydrogens (tertiary/aromatic N) is 1. The van der Waals surface area contributed by atoms with Gasteiger partial charge in [-0.25, -0.2) is 0 Å². The van der Waals surface area contributed by atoms with Crippen LogP contribution >= 0.6 is 11.3 Å². The summed E-state index contributed by atoms with van der Waals surface area (Å²) in [5, 5.41) is 7.82. The third kappa shape index (κ3) is 3.67. The molecular weight excluding hydrogens is 280 g/mol. The molecule has 1 saturated heterocycles. The third-order valence-electron chi connectivity index (χ3n) is 4.53. The lowest BCUT2D eigenvalue weighted by atomic mass is 10.0. The first-order valence-corrected chi connectivity index (χ1v) is 9.18. The van der Waals surface area contributed by atoms with Crippen molar-refractivity contribution in [1.82, 2.24) is 10.2 Å². The summed E-state index contributed by atoms with van der Waals surface area (Å²) in [6.07, 6.45) is 6.25. The first kappa shape index (κ1) is 15.0. The van der Waals surface area contributed by atoms with E-state index in [1.165, 1.54) is 24.8 Å². The van der Waals surface area contributed by atoms with Gasteiger partial charge in [-0.2, -0.15) is 11.3 Å². The molecule has 2 heterocycles. The standard InChI is InChI=1S/C17H26N2OS/c1-12(2)10-15-17(20)19(8-3-4-13-5-6-13)16(18-15)14-7-9-21-11-14/h7,9,11-13,15-16,18H,3-6,8,10H2,1-2H3. The Kier molecular flexibility index (Phi) is 4.65. The van der Waals surface area contributed by atoms with E-state index in [1.807, 2.05) is 0 Å². The molecule has 0 aromatic carbocycles. The van der Waals surface area contributed by atoms with Crippen LogP contribution in [0.1, 0.15) is 57.7 Å². The minimum atomic E-state index is -0.00387. The third-order valence-corrected chi connectivity index (χ3v) is 5.23. The molecule has 1 saturated carbocycles. The maximum absolute atomic E-state index is 12.7. The molecule has 0 bridgehead atoms. The van der Waals surface area contributed by atoms with Crippen molar-refractivity contribution in [3.8, 4) is 0 Å². The Hall–Kier alpha value is -0.870. The molecule has 2 fully saturated rings. The van der Waals surface area contributed by atoms with Crippen LogP contribution in [0.15, 0.2) is 16.8 Å². The average Bonchev–Trinajstić information content (AvgIpc) is 3.00. The molecule has 1 amide bonds. The normalized spacial score (nSPS) is 26.0. The molecule has 2 atom stereocenters. The Morgan fingerprint density at radius 3 is 2.86 bits per heavy atom. The van der Waals surface area contributed by atoms with Crippen LogP contribution in [0.2, 0.25) is 0 Å². The molecule has 116 valence electrons. The van der Waals surface area contributed by atoms with E-state index in [2.05, 4.69) is 40.9 Å². The van der Waals surface area contributed by atoms with Crippen LogP contribution < -0.4 is 5.32 Å². The largest absolute Gasteiger partial charge is 0.322 e. The summed E-state index contributed by atoms with van der Waals surface area (Å²) < 4.78 is 0. The Bertz CT molecular complexity index is 467. The SMILES string of the molecule is CC(C)CC1NC(c2ccsc2)N(CCCC2CC2)C1=O. The number of rotatable bonds is 7. The average molecular weight is 306 g/mol. The van der Waals surface area contributed by atoms with Crippen molar-refractivity contribution in [2.45, 2.75) is 58.2 Å². The zero-order chi connectivity index (χ0) is 14.8. The lowest BCUT2D eigenvalue weighted by Crippen LogP contribution is -2.32. The van der Waals surface area contributed by atoms with Gasteiger partial charge in [0.05, 0.1) is 6.04 Å². The summed E-state index contributed by atoms with van der Waals surface area (Å²) in [5.41, 5.74) is 1.24. The Morgan fingerprint density at radius 1 is 1.43 bits per heavy atom. The second kappa shape index (κ2) is 6.49. The van der Waals surface area contributed by atoms with E-state index in [4.69, 9.17) is 0 Å². The van der Waals surface area contributed by atoms with Crippen LogP contribution in [-0.4, -0.2) is 23.4 Å². The van der Waals surface area contributed by atoms with Gasteiger partial charge in [0.15, 0.2) is 0 Å². The molecule has 21 heavy (non-hydrogen) atoms. The highest BCUT2D eigenvalue weighted by atomic mass is 32.1. The molecule has 3 rings (SSSR count). The first-order valence-electron chi connectivity index (χ1n) is 8.23. The number of carbonyl (C=O) groups is 1. The van der Waals surface area contributed by atoms with E-state index >= 15 is 0 Å². The number of carbonyl (C=O) groups excluding carboxylic acids is 1. The summed E-state index contributed by atoms with van der Waals surface area (Å²) in [6.45, 7) is 5.27. The molecule has 1 aromatic rings. The van der Waals surface area contributed by atoms with Crippen LogP contribution in [0.3, 0.4) is 0 Å². The summed E-state index contributed by atoms with van der Waals surface area (Å²) >= 11 is 1.71. The van der Waals surface area contributed by atoms with Crippen molar-refractivity contribution >= 4 is 17.2 Å². The lowest BCUT2D eigenvalue weighted by Gasteiger charge is -2.23. The van der Waals surface area contributed by atoms with Crippen LogP contribution in [-0.2, 0) is 4.79 Å². The van der Waals surface area contributed by atoms with Crippen molar-refractivity contribution in [1.29, 1.82) is 0 Å². The Balaban J connectivity index is 1.66. The molecule has 0 radical (unpaired) electrons. The van der Waals surface area contributed by atoms with E-state index in [-0.39, 0.29) is 12.2 Å². The maximum atomic E-state index is 12.7. The second-order valence-electron chi connectivity index (χ2n) is 6.93. The molecule has 2 unspecified atom stereocenters. The van der Waals surface area contributed by atoms with E-state index in [0.717, 1.165) is 25.3 Å². The summed E-state index contributed by atoms with van der Waals surface area (Å²) in [5.74, 6) is 1.79. The van der Waals surface area contributed by atoms with Crippen molar-refractivity contribution in [2.24, 2.45) is 11.8 Å². The van der Waals surface area contributed by atoms with Crippen molar-refractivity contribution in [3.05, 3.63) is 22.4 Å². The van der Waals surface area contributed by atoms with Gasteiger partial charge in [-0.15, -0.1) is 0 Å². The summed E-state index contributed by atoms with van der Waals surface area (Å²) in [6, 6.07) is 2.14. The minimum Gasteiger partial charge on any atom is -0.322 e. The van der Waals surface area contributed by atoms with Gasteiger partial charge in [-0.05, 0) is 53.5 Å². The van der Waals surface area contributed by atoms with Crippen LogP contribution in [0.5, 0.6) is 0 Å². The second-order valence-corrected chi connectivity index (χ2v) is 7.71. The zero-order valence-electron chi connectivity index (χ0n) is 13.0. The number of thiophene rings is 1. The van der Waals surface area contributed by atoms with Gasteiger partial charge in [-0.1, -0.05) is 26.7 Å². The van der Waals surface area contributed by atoms with Gasteiger partial charge < -0.3 is 4.90 Å². The molecule has 2 aliphatic rings. The monoisotopic (exact) mass is 306 g/mol. The van der Waals surface area contributed by atoms with Gasteiger partial charge in [0, 0.05) is 6.54 Å². The predicted molar refractivity (Wildman–Crippen MR) is 87.1 cm³/mol. The molecule has 1 aliphatic carbocycles. The van der Waals surface area contributed by atoms with Gasteiger partial charge >= 0.3 is 0 Å². The van der Waals surface area contributed by atoms with Gasteiger partial charge in [0.2, 0.25) is 5.91 Å². The molecule has 4 heteroatoms. The number of nitrogens with one attached hydrogen (secondary N) is 1. The minimum absolute atomic E-state index is 0.00387. The highest BCUT2D eigenvalue weighted by Gasteiger charge is 2.39. The van der Waals surface area contributed by atoms with Gasteiger partial charge in [-0.3, -0.25) is 10.1 Å². The molecule has 1 N–H and O–H groups in total. The highest BCUT2D eigenvalue weighted by molar-refractivity contribution is 7.07. The number of hydrogen-bond acceptors (Lipinski definition) is 3. The Labute approximate surface area is 131 Å². The maximum Gasteiger partial charge on any atom is 0.241 e. The smallest absolute Gasteiger partial charge is 0.241 e. The van der Waals surface area contributed by atoms with Crippen molar-refractivity contribution in [2.75, 3.05) is 6.54 Å². The van der Waals surface area contributed by atoms with Gasteiger partial charge in [0.25, 0.3) is 0 Å². The topological polar surface area (TPSA) is 32.3 Å². The first-order chi connectivity index (χ1) is 10.1. The fourth-order valence-corrected chi connectivity index (χ4v) is 3.90. The molecule has 1 aliphatic heterocycles. The van der Waals surface area contributed by atoms with E-state index in [0.29, 0.717) is 11.8 Å². The van der Waals surface area contributed by atoms with Crippen LogP contribution in [0, 0.1) is 11.8 Å². The molecule has 1 aromatic heterocycles. The molecular formula is C17H26N2OS. The molecule has 3 nitrogen and oxygen atoms in total. The highest BCUT2D eigenvalue weighted by Crippen LogP contribution is 2.35. The van der Waals surface area contributed by atoms with Crippen LogP contribution in [0.4, 0.5) is 0 Å².